The van der Waals surface area contributed by atoms with E-state index in [-0.39, 0.29) is 0 Å². The Morgan fingerprint density at radius 2 is 0.500 bits per heavy atom. The van der Waals surface area contributed by atoms with Crippen molar-refractivity contribution in [1.82, 2.24) is 18.3 Å². The van der Waals surface area contributed by atoms with Gasteiger partial charge in [-0.15, -0.1) is 0 Å². The molecule has 4 heterocycles. The average Bonchev–Trinajstić information content (AvgIpc) is 4.04. The van der Waals surface area contributed by atoms with Crippen molar-refractivity contribution >= 4 is 87.2 Å². The number of nitriles is 2. The lowest BCUT2D eigenvalue weighted by molar-refractivity contribution is 0.823. The van der Waals surface area contributed by atoms with Crippen LogP contribution in [0.25, 0.3) is 98.6 Å². The number of fused-ring (bicyclic) bond motifs is 12. The summed E-state index contributed by atoms with van der Waals surface area (Å²) >= 11 is 0. The summed E-state index contributed by atoms with van der Waals surface area (Å²) in [6, 6.07) is 59.1. The van der Waals surface area contributed by atoms with Crippen molar-refractivity contribution in [3.05, 3.63) is 212 Å². The maximum atomic E-state index is 12.5. The highest BCUT2D eigenvalue weighted by molar-refractivity contribution is 6.13. The molecule has 13 rings (SSSR count). The Morgan fingerprint density at radius 3 is 0.722 bits per heavy atom. The van der Waals surface area contributed by atoms with Crippen molar-refractivity contribution in [3.63, 3.8) is 0 Å². The van der Waals surface area contributed by atoms with Crippen LogP contribution in [0.3, 0.4) is 0 Å². The first kappa shape index (κ1) is 43.2. The zero-order chi connectivity index (χ0) is 49.4. The summed E-state index contributed by atoms with van der Waals surface area (Å²) in [7, 11) is 0. The zero-order valence-corrected chi connectivity index (χ0v) is 42.0. The number of rotatable bonds is 6. The van der Waals surface area contributed by atoms with Crippen molar-refractivity contribution in [1.29, 1.82) is 10.5 Å². The molecule has 0 aliphatic heterocycles. The van der Waals surface area contributed by atoms with Gasteiger partial charge in [-0.25, -0.2) is 0 Å². The summed E-state index contributed by atoms with van der Waals surface area (Å²) in [5.74, 6) is 0. The molecule has 346 valence electrons. The molecule has 0 aliphatic carbocycles. The second-order valence-electron chi connectivity index (χ2n) is 20.6. The van der Waals surface area contributed by atoms with E-state index < -0.39 is 0 Å². The fourth-order valence-corrected chi connectivity index (χ4v) is 12.2. The van der Waals surface area contributed by atoms with Gasteiger partial charge in [0.15, 0.2) is 0 Å². The largest absolute Gasteiger partial charge is 0.336 e. The minimum absolute atomic E-state index is 0.336. The number of benzene rings is 9. The quantitative estimate of drug-likeness (QED) is 0.167. The molecule has 6 nitrogen and oxygen atoms in total. The number of aryl methyl sites for hydroxylation is 8. The van der Waals surface area contributed by atoms with E-state index in [2.05, 4.69) is 231 Å². The minimum atomic E-state index is 0.336. The van der Waals surface area contributed by atoms with E-state index in [0.717, 1.165) is 110 Å². The molecule has 0 fully saturated rings. The maximum absolute atomic E-state index is 12.5. The van der Waals surface area contributed by atoms with E-state index in [9.17, 15) is 10.5 Å². The molecule has 0 aliphatic rings. The van der Waals surface area contributed by atoms with Crippen LogP contribution in [0.15, 0.2) is 146 Å². The van der Waals surface area contributed by atoms with Gasteiger partial charge in [0.05, 0.1) is 58.2 Å². The van der Waals surface area contributed by atoms with Gasteiger partial charge >= 0.3 is 0 Å². The van der Waals surface area contributed by atoms with Gasteiger partial charge in [0.25, 0.3) is 0 Å². The summed E-state index contributed by atoms with van der Waals surface area (Å²) in [6.07, 6.45) is 0. The van der Waals surface area contributed by atoms with Crippen molar-refractivity contribution in [2.75, 3.05) is 0 Å². The van der Waals surface area contributed by atoms with Gasteiger partial charge in [-0.1, -0.05) is 93.0 Å². The first-order valence-corrected chi connectivity index (χ1v) is 24.9. The average molecular weight is 929 g/mol. The number of aromatic nitrogens is 4. The molecule has 13 aromatic rings. The van der Waals surface area contributed by atoms with Crippen LogP contribution in [0.5, 0.6) is 0 Å². The van der Waals surface area contributed by atoms with Crippen LogP contribution in [0.2, 0.25) is 0 Å². The number of nitrogens with zero attached hydrogens (tertiary/aromatic N) is 6. The molecular weight excluding hydrogens is 877 g/mol. The zero-order valence-electron chi connectivity index (χ0n) is 42.0. The molecule has 0 radical (unpaired) electrons. The lowest BCUT2D eigenvalue weighted by Gasteiger charge is -2.26. The molecule has 0 saturated carbocycles. The normalized spacial score (nSPS) is 12.0. The molecule has 6 heteroatoms. The van der Waals surface area contributed by atoms with Crippen LogP contribution in [0.1, 0.15) is 66.8 Å². The van der Waals surface area contributed by atoms with Crippen LogP contribution >= 0.6 is 0 Å². The number of hydrogen-bond donors (Lipinski definition) is 0. The molecule has 4 aromatic heterocycles. The first-order chi connectivity index (χ1) is 34.9. The van der Waals surface area contributed by atoms with E-state index in [4.69, 9.17) is 0 Å². The Balaban J connectivity index is 1.27. The van der Waals surface area contributed by atoms with Gasteiger partial charge in [0.2, 0.25) is 0 Å². The highest BCUT2D eigenvalue weighted by atomic mass is 15.1. The third-order valence-corrected chi connectivity index (χ3v) is 15.5. The summed E-state index contributed by atoms with van der Waals surface area (Å²) in [6.45, 7) is 17.8. The standard InChI is InChI=1S/C66H52N6/c1-37-9-17-57-45(25-37)46-26-38(2)10-18-58(46)69(57)35-55-53(33-67)56(36-70-59-19-11-39(3)27-47(59)48-28-40(4)12-20-60(48)70)66(72-63-23-15-43(7)31-51(63)52-32-44(8)16-24-64(52)72)54(34-68)65(55)71-61-21-13-41(5)29-49(61)50-30-42(6)14-22-62(50)71/h9-32H,35-36H2,1-8H3. The van der Waals surface area contributed by atoms with Crippen molar-refractivity contribution in [2.24, 2.45) is 0 Å². The van der Waals surface area contributed by atoms with Crippen LogP contribution in [-0.4, -0.2) is 18.3 Å². The maximum Gasteiger partial charge on any atom is 0.104 e. The lowest BCUT2D eigenvalue weighted by atomic mass is 9.91. The van der Waals surface area contributed by atoms with Gasteiger partial charge in [-0.05, 0) is 152 Å². The molecule has 0 amide bonds. The van der Waals surface area contributed by atoms with Crippen LogP contribution < -0.4 is 0 Å². The highest BCUT2D eigenvalue weighted by Gasteiger charge is 2.32. The van der Waals surface area contributed by atoms with Gasteiger partial charge in [-0.3, -0.25) is 0 Å². The van der Waals surface area contributed by atoms with Crippen molar-refractivity contribution in [3.8, 4) is 23.5 Å². The molecule has 72 heavy (non-hydrogen) atoms. The Morgan fingerprint density at radius 1 is 0.292 bits per heavy atom. The summed E-state index contributed by atoms with van der Waals surface area (Å²) < 4.78 is 9.38. The smallest absolute Gasteiger partial charge is 0.104 e. The molecule has 0 unspecified atom stereocenters. The second-order valence-corrected chi connectivity index (χ2v) is 20.6. The Kier molecular flexibility index (Phi) is 9.50. The van der Waals surface area contributed by atoms with E-state index >= 15 is 0 Å². The van der Waals surface area contributed by atoms with E-state index in [0.29, 0.717) is 24.2 Å². The van der Waals surface area contributed by atoms with Gasteiger partial charge in [-0.2, -0.15) is 10.5 Å². The Labute approximate surface area is 418 Å². The van der Waals surface area contributed by atoms with Gasteiger partial charge < -0.3 is 18.3 Å². The summed E-state index contributed by atoms with van der Waals surface area (Å²) in [5, 5.41) is 33.9. The third kappa shape index (κ3) is 6.32. The van der Waals surface area contributed by atoms with E-state index in [1.807, 2.05) is 0 Å². The van der Waals surface area contributed by atoms with Crippen molar-refractivity contribution in [2.45, 2.75) is 68.5 Å². The monoisotopic (exact) mass is 928 g/mol. The third-order valence-electron chi connectivity index (χ3n) is 15.5. The minimum Gasteiger partial charge on any atom is -0.336 e. The fourth-order valence-electron chi connectivity index (χ4n) is 12.2. The molecular formula is C66H52N6. The van der Waals surface area contributed by atoms with Gasteiger partial charge in [0, 0.05) is 76.3 Å². The predicted octanol–water partition coefficient (Wildman–Crippen LogP) is 16.4. The van der Waals surface area contributed by atoms with Crippen molar-refractivity contribution < 1.29 is 0 Å². The molecule has 0 atom stereocenters. The number of hydrogen-bond acceptors (Lipinski definition) is 2. The molecule has 0 bridgehead atoms. The lowest BCUT2D eigenvalue weighted by Crippen LogP contribution is -2.18. The molecule has 0 spiro atoms. The van der Waals surface area contributed by atoms with Crippen LogP contribution in [0, 0.1) is 78.1 Å². The van der Waals surface area contributed by atoms with E-state index in [1.54, 1.807) is 0 Å². The second kappa shape index (κ2) is 15.8. The molecule has 9 aromatic carbocycles. The SMILES string of the molecule is Cc1ccc2c(c1)c1cc(C)ccc1n2Cc1c(C#N)c(Cn2c3ccc(C)cc3c3cc(C)ccc32)c(-n2c3ccc(C)cc3c3cc(C)ccc32)c(C#N)c1-n1c2ccc(C)cc2c2cc(C)ccc21. The van der Waals surface area contributed by atoms with E-state index in [1.165, 1.54) is 43.8 Å². The van der Waals surface area contributed by atoms with Gasteiger partial charge in [0.1, 0.15) is 11.6 Å². The first-order valence-electron chi connectivity index (χ1n) is 24.9. The summed E-state index contributed by atoms with van der Waals surface area (Å²) in [5.41, 5.74) is 21.7. The topological polar surface area (TPSA) is 67.3 Å². The predicted molar refractivity (Wildman–Crippen MR) is 300 cm³/mol. The van der Waals surface area contributed by atoms with Crippen LogP contribution in [-0.2, 0) is 13.1 Å². The summed E-state index contributed by atoms with van der Waals surface area (Å²) in [4.78, 5) is 0. The highest BCUT2D eigenvalue weighted by Crippen LogP contribution is 2.45. The Bertz CT molecular complexity index is 4110. The molecule has 0 N–H and O–H groups in total. The van der Waals surface area contributed by atoms with Crippen LogP contribution in [0.4, 0.5) is 0 Å². The molecule has 0 saturated heterocycles. The Hall–Kier alpha value is -8.84. The fraction of sp³-hybridized carbons (Fsp3) is 0.152.